The molecule has 0 spiro atoms. The number of anilines is 2. The van der Waals surface area contributed by atoms with Gasteiger partial charge in [-0.25, -0.2) is 9.97 Å². The minimum atomic E-state index is 0.641. The molecule has 6 nitrogen and oxygen atoms in total. The van der Waals surface area contributed by atoms with Crippen LogP contribution in [0.3, 0.4) is 0 Å². The van der Waals surface area contributed by atoms with Gasteiger partial charge in [0.1, 0.15) is 23.7 Å². The molecule has 0 aliphatic rings. The zero-order chi connectivity index (χ0) is 15.6. The Hall–Kier alpha value is -2.34. The SMILES string of the molecule is COCCNc1cc(NCCc2cccc(OC)c2)ncn1. The fourth-order valence-corrected chi connectivity index (χ4v) is 1.99. The van der Waals surface area contributed by atoms with Gasteiger partial charge in [0.15, 0.2) is 0 Å². The van der Waals surface area contributed by atoms with E-state index in [1.165, 1.54) is 5.56 Å². The summed E-state index contributed by atoms with van der Waals surface area (Å²) in [7, 11) is 3.35. The standard InChI is InChI=1S/C16H22N4O2/c1-21-9-8-18-16-11-15(19-12-20-16)17-7-6-13-4-3-5-14(10-13)22-2/h3-5,10-12H,6-9H2,1-2H3,(H2,17,18,19,20). The summed E-state index contributed by atoms with van der Waals surface area (Å²) in [5.74, 6) is 2.47. The van der Waals surface area contributed by atoms with E-state index in [2.05, 4.69) is 26.7 Å². The molecule has 0 radical (unpaired) electrons. The van der Waals surface area contributed by atoms with Crippen LogP contribution >= 0.6 is 0 Å². The van der Waals surface area contributed by atoms with Crippen LogP contribution in [0.4, 0.5) is 11.6 Å². The molecule has 2 rings (SSSR count). The van der Waals surface area contributed by atoms with E-state index in [9.17, 15) is 0 Å². The Morgan fingerprint density at radius 2 is 1.77 bits per heavy atom. The summed E-state index contributed by atoms with van der Waals surface area (Å²) in [6, 6.07) is 9.96. The maximum atomic E-state index is 5.22. The summed E-state index contributed by atoms with van der Waals surface area (Å²) in [4.78, 5) is 8.38. The topological polar surface area (TPSA) is 68.3 Å². The van der Waals surface area contributed by atoms with Gasteiger partial charge in [0.25, 0.3) is 0 Å². The van der Waals surface area contributed by atoms with Gasteiger partial charge in [-0.2, -0.15) is 0 Å². The summed E-state index contributed by atoms with van der Waals surface area (Å²) in [6.07, 6.45) is 2.44. The van der Waals surface area contributed by atoms with Crippen molar-refractivity contribution in [1.29, 1.82) is 0 Å². The van der Waals surface area contributed by atoms with Gasteiger partial charge in [-0.05, 0) is 24.1 Å². The number of benzene rings is 1. The lowest BCUT2D eigenvalue weighted by atomic mass is 10.1. The largest absolute Gasteiger partial charge is 0.497 e. The first-order valence-electron chi connectivity index (χ1n) is 7.23. The van der Waals surface area contributed by atoms with Crippen LogP contribution in [0.2, 0.25) is 0 Å². The van der Waals surface area contributed by atoms with Crippen LogP contribution in [0, 0.1) is 0 Å². The van der Waals surface area contributed by atoms with Crippen molar-refractivity contribution in [2.75, 3.05) is 44.5 Å². The average Bonchev–Trinajstić information content (AvgIpc) is 2.56. The Bertz CT molecular complexity index is 578. The Labute approximate surface area is 130 Å². The predicted octanol–water partition coefficient (Wildman–Crippen LogP) is 2.20. The number of nitrogens with one attached hydrogen (secondary N) is 2. The minimum absolute atomic E-state index is 0.641. The zero-order valence-corrected chi connectivity index (χ0v) is 13.0. The third-order valence-corrected chi connectivity index (χ3v) is 3.13. The van der Waals surface area contributed by atoms with E-state index in [0.29, 0.717) is 6.61 Å². The lowest BCUT2D eigenvalue weighted by Gasteiger charge is -2.09. The molecule has 0 amide bonds. The van der Waals surface area contributed by atoms with Gasteiger partial charge in [0.05, 0.1) is 13.7 Å². The van der Waals surface area contributed by atoms with Gasteiger partial charge in [-0.1, -0.05) is 12.1 Å². The highest BCUT2D eigenvalue weighted by molar-refractivity contribution is 5.46. The Morgan fingerprint density at radius 1 is 1.00 bits per heavy atom. The number of ether oxygens (including phenoxy) is 2. The first kappa shape index (κ1) is 16.0. The first-order valence-corrected chi connectivity index (χ1v) is 7.23. The molecule has 0 aliphatic carbocycles. The second-order valence-corrected chi connectivity index (χ2v) is 4.74. The van der Waals surface area contributed by atoms with E-state index >= 15 is 0 Å². The van der Waals surface area contributed by atoms with E-state index in [1.807, 2.05) is 24.3 Å². The summed E-state index contributed by atoms with van der Waals surface area (Å²) in [6.45, 7) is 2.15. The fraction of sp³-hybridized carbons (Fsp3) is 0.375. The van der Waals surface area contributed by atoms with Gasteiger partial charge in [-0.15, -0.1) is 0 Å². The molecule has 1 heterocycles. The molecule has 0 unspecified atom stereocenters. The van der Waals surface area contributed by atoms with E-state index in [-0.39, 0.29) is 0 Å². The highest BCUT2D eigenvalue weighted by Gasteiger charge is 1.99. The van der Waals surface area contributed by atoms with Crippen molar-refractivity contribution < 1.29 is 9.47 Å². The monoisotopic (exact) mass is 302 g/mol. The normalized spacial score (nSPS) is 10.3. The molecule has 2 N–H and O–H groups in total. The van der Waals surface area contributed by atoms with Crippen molar-refractivity contribution in [1.82, 2.24) is 9.97 Å². The number of rotatable bonds is 9. The van der Waals surface area contributed by atoms with E-state index < -0.39 is 0 Å². The molecule has 1 aromatic carbocycles. The molecule has 0 atom stereocenters. The smallest absolute Gasteiger partial charge is 0.131 e. The second kappa shape index (κ2) is 8.84. The van der Waals surface area contributed by atoms with Gasteiger partial charge in [0, 0.05) is 26.3 Å². The summed E-state index contributed by atoms with van der Waals surface area (Å²) in [5, 5.41) is 6.47. The van der Waals surface area contributed by atoms with E-state index in [0.717, 1.165) is 36.9 Å². The van der Waals surface area contributed by atoms with Crippen molar-refractivity contribution in [2.24, 2.45) is 0 Å². The second-order valence-electron chi connectivity index (χ2n) is 4.74. The van der Waals surface area contributed by atoms with Crippen molar-refractivity contribution in [3.8, 4) is 5.75 Å². The molecule has 1 aromatic heterocycles. The summed E-state index contributed by atoms with van der Waals surface area (Å²) >= 11 is 0. The first-order chi connectivity index (χ1) is 10.8. The van der Waals surface area contributed by atoms with Gasteiger partial charge in [-0.3, -0.25) is 0 Å². The van der Waals surface area contributed by atoms with Crippen LogP contribution < -0.4 is 15.4 Å². The molecule has 0 fully saturated rings. The summed E-state index contributed by atoms with van der Waals surface area (Å²) in [5.41, 5.74) is 1.22. The lowest BCUT2D eigenvalue weighted by Crippen LogP contribution is -2.10. The Kier molecular flexibility index (Phi) is 6.44. The molecule has 0 saturated heterocycles. The minimum Gasteiger partial charge on any atom is -0.497 e. The predicted molar refractivity (Wildman–Crippen MR) is 87.6 cm³/mol. The molecular weight excluding hydrogens is 280 g/mol. The van der Waals surface area contributed by atoms with Crippen molar-refractivity contribution in [2.45, 2.75) is 6.42 Å². The number of hydrogen-bond acceptors (Lipinski definition) is 6. The van der Waals surface area contributed by atoms with Crippen LogP contribution in [0.5, 0.6) is 5.75 Å². The quantitative estimate of drug-likeness (QED) is 0.692. The maximum Gasteiger partial charge on any atom is 0.131 e. The third-order valence-electron chi connectivity index (χ3n) is 3.13. The number of hydrogen-bond donors (Lipinski definition) is 2. The molecule has 0 bridgehead atoms. The molecule has 0 saturated carbocycles. The summed E-state index contributed by atoms with van der Waals surface area (Å²) < 4.78 is 10.2. The highest BCUT2D eigenvalue weighted by atomic mass is 16.5. The maximum absolute atomic E-state index is 5.22. The van der Waals surface area contributed by atoms with Crippen molar-refractivity contribution >= 4 is 11.6 Å². The molecule has 22 heavy (non-hydrogen) atoms. The Morgan fingerprint density at radius 3 is 2.50 bits per heavy atom. The van der Waals surface area contributed by atoms with Crippen LogP contribution in [-0.2, 0) is 11.2 Å². The van der Waals surface area contributed by atoms with Crippen LogP contribution in [0.1, 0.15) is 5.56 Å². The average molecular weight is 302 g/mol. The Balaban J connectivity index is 1.82. The number of nitrogens with zero attached hydrogens (tertiary/aromatic N) is 2. The third kappa shape index (κ3) is 5.21. The molecular formula is C16H22N4O2. The van der Waals surface area contributed by atoms with Crippen molar-refractivity contribution in [3.63, 3.8) is 0 Å². The van der Waals surface area contributed by atoms with E-state index in [4.69, 9.17) is 9.47 Å². The number of methoxy groups -OCH3 is 2. The van der Waals surface area contributed by atoms with Crippen LogP contribution in [-0.4, -0.2) is 43.9 Å². The zero-order valence-electron chi connectivity index (χ0n) is 13.0. The molecule has 2 aromatic rings. The molecule has 6 heteroatoms. The van der Waals surface area contributed by atoms with Crippen LogP contribution in [0.25, 0.3) is 0 Å². The fourth-order valence-electron chi connectivity index (χ4n) is 1.99. The van der Waals surface area contributed by atoms with Gasteiger partial charge in [0.2, 0.25) is 0 Å². The highest BCUT2D eigenvalue weighted by Crippen LogP contribution is 2.13. The number of aromatic nitrogens is 2. The van der Waals surface area contributed by atoms with Crippen molar-refractivity contribution in [3.05, 3.63) is 42.2 Å². The van der Waals surface area contributed by atoms with Gasteiger partial charge >= 0.3 is 0 Å². The van der Waals surface area contributed by atoms with E-state index in [1.54, 1.807) is 20.5 Å². The molecule has 0 aliphatic heterocycles. The van der Waals surface area contributed by atoms with Crippen LogP contribution in [0.15, 0.2) is 36.7 Å². The lowest BCUT2D eigenvalue weighted by molar-refractivity contribution is 0.210. The molecule has 118 valence electrons. The van der Waals surface area contributed by atoms with Gasteiger partial charge < -0.3 is 20.1 Å².